The lowest BCUT2D eigenvalue weighted by Crippen LogP contribution is -2.16. The molecule has 0 fully saturated rings. The van der Waals surface area contributed by atoms with Crippen molar-refractivity contribution in [1.82, 2.24) is 5.32 Å². The van der Waals surface area contributed by atoms with E-state index in [0.717, 1.165) is 39.8 Å². The van der Waals surface area contributed by atoms with Crippen LogP contribution in [0.25, 0.3) is 0 Å². The molecule has 0 saturated carbocycles. The standard InChI is InChI=1S/C13H17Br2NO3/c1-18-12(17)4-3-5-16-8-9-6-10(14)13(19-2)11(15)7-9/h6-7,16H,3-5,8H2,1-2H3. The number of methoxy groups -OCH3 is 2. The number of halogens is 2. The molecule has 0 aliphatic carbocycles. The van der Waals surface area contributed by atoms with Crippen LogP contribution in [-0.4, -0.2) is 26.7 Å². The Morgan fingerprint density at radius 2 is 1.89 bits per heavy atom. The van der Waals surface area contributed by atoms with Gasteiger partial charge in [-0.1, -0.05) is 0 Å². The van der Waals surface area contributed by atoms with E-state index in [1.807, 2.05) is 12.1 Å². The summed E-state index contributed by atoms with van der Waals surface area (Å²) in [6, 6.07) is 4.02. The van der Waals surface area contributed by atoms with Gasteiger partial charge in [0.15, 0.2) is 0 Å². The summed E-state index contributed by atoms with van der Waals surface area (Å²) in [5.41, 5.74) is 1.14. The smallest absolute Gasteiger partial charge is 0.305 e. The Bertz CT molecular complexity index is 415. The fraction of sp³-hybridized carbons (Fsp3) is 0.462. The third-order valence-corrected chi connectivity index (χ3v) is 3.73. The summed E-state index contributed by atoms with van der Waals surface area (Å²) in [6.45, 7) is 1.51. The molecule has 1 rings (SSSR count). The number of hydrogen-bond acceptors (Lipinski definition) is 4. The molecule has 0 atom stereocenters. The first-order valence-electron chi connectivity index (χ1n) is 5.88. The van der Waals surface area contributed by atoms with Crippen LogP contribution >= 0.6 is 31.9 Å². The molecule has 1 N–H and O–H groups in total. The van der Waals surface area contributed by atoms with Crippen LogP contribution in [0.4, 0.5) is 0 Å². The van der Waals surface area contributed by atoms with Crippen LogP contribution in [0.3, 0.4) is 0 Å². The maximum atomic E-state index is 10.9. The van der Waals surface area contributed by atoms with E-state index >= 15 is 0 Å². The molecule has 0 aromatic heterocycles. The second kappa shape index (κ2) is 8.55. The molecule has 0 bridgehead atoms. The van der Waals surface area contributed by atoms with E-state index in [4.69, 9.17) is 4.74 Å². The predicted molar refractivity (Wildman–Crippen MR) is 81.4 cm³/mol. The summed E-state index contributed by atoms with van der Waals surface area (Å²) in [7, 11) is 3.04. The van der Waals surface area contributed by atoms with Gasteiger partial charge in [-0.3, -0.25) is 4.79 Å². The van der Waals surface area contributed by atoms with E-state index in [0.29, 0.717) is 6.42 Å². The van der Waals surface area contributed by atoms with Gasteiger partial charge in [-0.05, 0) is 62.5 Å². The van der Waals surface area contributed by atoms with Crippen molar-refractivity contribution in [3.8, 4) is 5.75 Å². The van der Waals surface area contributed by atoms with Gasteiger partial charge in [0.1, 0.15) is 5.75 Å². The van der Waals surface area contributed by atoms with E-state index in [1.165, 1.54) is 7.11 Å². The zero-order valence-corrected chi connectivity index (χ0v) is 14.1. The molecule has 0 amide bonds. The van der Waals surface area contributed by atoms with Crippen LogP contribution < -0.4 is 10.1 Å². The lowest BCUT2D eigenvalue weighted by Gasteiger charge is -2.10. The van der Waals surface area contributed by atoms with Crippen LogP contribution in [0.2, 0.25) is 0 Å². The van der Waals surface area contributed by atoms with E-state index in [-0.39, 0.29) is 5.97 Å². The highest BCUT2D eigenvalue weighted by molar-refractivity contribution is 9.11. The van der Waals surface area contributed by atoms with Crippen molar-refractivity contribution in [1.29, 1.82) is 0 Å². The predicted octanol–water partition coefficient (Wildman–Crippen LogP) is 3.26. The van der Waals surface area contributed by atoms with E-state index in [2.05, 4.69) is 41.9 Å². The Hall–Kier alpha value is -0.590. The molecule has 106 valence electrons. The Balaban J connectivity index is 2.40. The first kappa shape index (κ1) is 16.5. The van der Waals surface area contributed by atoms with Gasteiger partial charge in [0, 0.05) is 13.0 Å². The van der Waals surface area contributed by atoms with Crippen molar-refractivity contribution >= 4 is 37.8 Å². The normalized spacial score (nSPS) is 10.3. The average molecular weight is 395 g/mol. The number of nitrogens with one attached hydrogen (secondary N) is 1. The number of rotatable bonds is 7. The van der Waals surface area contributed by atoms with Gasteiger partial charge in [0.05, 0.1) is 23.2 Å². The Kier molecular flexibility index (Phi) is 7.41. The summed E-state index contributed by atoms with van der Waals surface area (Å²) < 4.78 is 11.7. The zero-order chi connectivity index (χ0) is 14.3. The first-order valence-corrected chi connectivity index (χ1v) is 7.46. The topological polar surface area (TPSA) is 47.6 Å². The third kappa shape index (κ3) is 5.50. The molecule has 0 spiro atoms. The lowest BCUT2D eigenvalue weighted by molar-refractivity contribution is -0.140. The molecule has 1 aromatic rings. The number of ether oxygens (including phenoxy) is 2. The third-order valence-electron chi connectivity index (χ3n) is 2.55. The maximum Gasteiger partial charge on any atom is 0.305 e. The quantitative estimate of drug-likeness (QED) is 0.569. The van der Waals surface area contributed by atoms with E-state index in [9.17, 15) is 4.79 Å². The van der Waals surface area contributed by atoms with Crippen LogP contribution in [0.15, 0.2) is 21.1 Å². The Labute approximate surface area is 130 Å². The molecule has 0 aliphatic rings. The van der Waals surface area contributed by atoms with Crippen LogP contribution in [0.1, 0.15) is 18.4 Å². The first-order chi connectivity index (χ1) is 9.08. The molecular formula is C13H17Br2NO3. The van der Waals surface area contributed by atoms with Gasteiger partial charge in [0.25, 0.3) is 0 Å². The molecule has 6 heteroatoms. The van der Waals surface area contributed by atoms with Gasteiger partial charge in [-0.2, -0.15) is 0 Å². The van der Waals surface area contributed by atoms with Crippen LogP contribution in [-0.2, 0) is 16.1 Å². The maximum absolute atomic E-state index is 10.9. The van der Waals surface area contributed by atoms with Crippen molar-refractivity contribution in [2.24, 2.45) is 0 Å². The fourth-order valence-electron chi connectivity index (χ4n) is 1.60. The Morgan fingerprint density at radius 1 is 1.26 bits per heavy atom. The highest BCUT2D eigenvalue weighted by Gasteiger charge is 2.07. The molecule has 1 aromatic carbocycles. The molecule has 0 radical (unpaired) electrons. The molecule has 0 saturated heterocycles. The van der Waals surface area contributed by atoms with Crippen molar-refractivity contribution in [2.45, 2.75) is 19.4 Å². The summed E-state index contributed by atoms with van der Waals surface area (Å²) in [5, 5.41) is 3.28. The van der Waals surface area contributed by atoms with Gasteiger partial charge < -0.3 is 14.8 Å². The van der Waals surface area contributed by atoms with Gasteiger partial charge in [-0.15, -0.1) is 0 Å². The number of hydrogen-bond donors (Lipinski definition) is 1. The molecule has 4 nitrogen and oxygen atoms in total. The van der Waals surface area contributed by atoms with Gasteiger partial charge in [-0.25, -0.2) is 0 Å². The van der Waals surface area contributed by atoms with Gasteiger partial charge >= 0.3 is 5.97 Å². The summed E-state index contributed by atoms with van der Waals surface area (Å²) >= 11 is 6.93. The fourth-order valence-corrected chi connectivity index (χ4v) is 3.21. The summed E-state index contributed by atoms with van der Waals surface area (Å²) in [5.74, 6) is 0.617. The van der Waals surface area contributed by atoms with E-state index in [1.54, 1.807) is 7.11 Å². The van der Waals surface area contributed by atoms with Crippen molar-refractivity contribution in [3.05, 3.63) is 26.6 Å². The van der Waals surface area contributed by atoms with Crippen molar-refractivity contribution in [3.63, 3.8) is 0 Å². The number of esters is 1. The molecule has 0 unspecified atom stereocenters. The minimum atomic E-state index is -0.170. The number of carbonyl (C=O) groups is 1. The average Bonchev–Trinajstić information content (AvgIpc) is 2.37. The van der Waals surface area contributed by atoms with Gasteiger partial charge in [0.2, 0.25) is 0 Å². The molecular weight excluding hydrogens is 378 g/mol. The molecule has 19 heavy (non-hydrogen) atoms. The highest BCUT2D eigenvalue weighted by Crippen LogP contribution is 2.34. The second-order valence-electron chi connectivity index (χ2n) is 3.95. The van der Waals surface area contributed by atoms with E-state index < -0.39 is 0 Å². The number of benzene rings is 1. The monoisotopic (exact) mass is 393 g/mol. The number of carbonyl (C=O) groups excluding carboxylic acids is 1. The molecule has 0 heterocycles. The minimum absolute atomic E-state index is 0.170. The van der Waals surface area contributed by atoms with Crippen molar-refractivity contribution in [2.75, 3.05) is 20.8 Å². The Morgan fingerprint density at radius 3 is 2.42 bits per heavy atom. The van der Waals surface area contributed by atoms with Crippen LogP contribution in [0.5, 0.6) is 5.75 Å². The zero-order valence-electron chi connectivity index (χ0n) is 11.0. The lowest BCUT2D eigenvalue weighted by atomic mass is 10.2. The van der Waals surface area contributed by atoms with Crippen LogP contribution in [0, 0.1) is 0 Å². The second-order valence-corrected chi connectivity index (χ2v) is 5.66. The van der Waals surface area contributed by atoms with Crippen molar-refractivity contribution < 1.29 is 14.3 Å². The summed E-state index contributed by atoms with van der Waals surface area (Å²) in [4.78, 5) is 10.9. The summed E-state index contributed by atoms with van der Waals surface area (Å²) in [6.07, 6.45) is 1.21. The SMILES string of the molecule is COC(=O)CCCNCc1cc(Br)c(OC)c(Br)c1. The highest BCUT2D eigenvalue weighted by atomic mass is 79.9. The molecule has 0 aliphatic heterocycles. The minimum Gasteiger partial charge on any atom is -0.494 e. The largest absolute Gasteiger partial charge is 0.494 e.